The van der Waals surface area contributed by atoms with Crippen molar-refractivity contribution in [1.82, 2.24) is 4.90 Å². The Morgan fingerprint density at radius 3 is 2.71 bits per heavy atom. The average molecular weight is 100 g/mol. The maximum atomic E-state index is 8.28. The van der Waals surface area contributed by atoms with Crippen molar-refractivity contribution < 1.29 is 5.11 Å². The van der Waals surface area contributed by atoms with Crippen molar-refractivity contribution in [3.63, 3.8) is 0 Å². The molecular weight excluding hydrogens is 90.1 g/mol. The Morgan fingerprint density at radius 1 is 1.57 bits per heavy atom. The fourth-order valence-electron chi connectivity index (χ4n) is 0.481. The van der Waals surface area contributed by atoms with Crippen molar-refractivity contribution in [2.45, 2.75) is 6.42 Å². The molecule has 0 aromatic rings. The Kier molecular flexibility index (Phi) is 1.65. The molecule has 1 saturated heterocycles. The minimum Gasteiger partial charge on any atom is -0.396 e. The van der Waals surface area contributed by atoms with Gasteiger partial charge in [-0.15, -0.1) is 0 Å². The van der Waals surface area contributed by atoms with Gasteiger partial charge in [-0.05, 0) is 6.42 Å². The molecule has 1 fully saturated rings. The highest BCUT2D eigenvalue weighted by molar-refractivity contribution is 4.79. The van der Waals surface area contributed by atoms with Crippen molar-refractivity contribution in [2.24, 2.45) is 0 Å². The molecule has 1 aliphatic rings. The molecule has 7 heavy (non-hydrogen) atoms. The van der Waals surface area contributed by atoms with Crippen LogP contribution in [0.2, 0.25) is 0 Å². The van der Waals surface area contributed by atoms with Crippen LogP contribution in [0.1, 0.15) is 6.42 Å². The Balaban J connectivity index is 1.80. The number of rotatable bonds is 3. The molecule has 0 aliphatic carbocycles. The molecule has 0 saturated carbocycles. The monoisotopic (exact) mass is 100 g/mol. The Hall–Kier alpha value is -0.0800. The first-order chi connectivity index (χ1) is 3.43. The van der Waals surface area contributed by atoms with Gasteiger partial charge in [-0.2, -0.15) is 0 Å². The third-order valence-electron chi connectivity index (χ3n) is 0.998. The van der Waals surface area contributed by atoms with Gasteiger partial charge in [-0.3, -0.25) is 4.90 Å². The molecule has 1 radical (unpaired) electrons. The summed E-state index contributed by atoms with van der Waals surface area (Å²) in [5, 5.41) is 8.28. The van der Waals surface area contributed by atoms with Crippen molar-refractivity contribution in [2.75, 3.05) is 19.7 Å². The summed E-state index contributed by atoms with van der Waals surface area (Å²) in [6.45, 7) is 4.72. The number of hydrogen-bond donors (Lipinski definition) is 1. The summed E-state index contributed by atoms with van der Waals surface area (Å²) >= 11 is 0. The summed E-state index contributed by atoms with van der Waals surface area (Å²) < 4.78 is 0. The fourth-order valence-corrected chi connectivity index (χ4v) is 0.481. The molecular formula is C5H10NO. The summed E-state index contributed by atoms with van der Waals surface area (Å²) in [5.41, 5.74) is 0. The Morgan fingerprint density at radius 2 is 2.29 bits per heavy atom. The normalized spacial score (nSPS) is 20.1. The largest absolute Gasteiger partial charge is 0.396 e. The van der Waals surface area contributed by atoms with Crippen LogP contribution < -0.4 is 0 Å². The SMILES string of the molecule is OCC[CH]N1CC1. The van der Waals surface area contributed by atoms with E-state index in [9.17, 15) is 0 Å². The van der Waals surface area contributed by atoms with E-state index in [1.807, 2.05) is 6.54 Å². The van der Waals surface area contributed by atoms with E-state index in [1.54, 1.807) is 0 Å². The fraction of sp³-hybridized carbons (Fsp3) is 0.800. The summed E-state index contributed by atoms with van der Waals surface area (Å²) in [5.74, 6) is 0. The molecule has 1 aliphatic heterocycles. The highest BCUT2D eigenvalue weighted by Gasteiger charge is 2.15. The van der Waals surface area contributed by atoms with Crippen LogP contribution in [0.15, 0.2) is 0 Å². The van der Waals surface area contributed by atoms with Gasteiger partial charge in [0.05, 0.1) is 0 Å². The van der Waals surface area contributed by atoms with E-state index < -0.39 is 0 Å². The molecule has 1 rings (SSSR count). The van der Waals surface area contributed by atoms with Crippen LogP contribution in [0.4, 0.5) is 0 Å². The summed E-state index contributed by atoms with van der Waals surface area (Å²) in [4.78, 5) is 2.18. The molecule has 1 heterocycles. The Labute approximate surface area is 43.7 Å². The molecule has 0 aromatic heterocycles. The third kappa shape index (κ3) is 1.90. The van der Waals surface area contributed by atoms with E-state index in [1.165, 1.54) is 13.1 Å². The molecule has 2 heteroatoms. The number of nitrogens with zero attached hydrogens (tertiary/aromatic N) is 1. The molecule has 0 amide bonds. The Bertz CT molecular complexity index is 52.0. The summed E-state index contributed by atoms with van der Waals surface area (Å²) in [7, 11) is 0. The zero-order valence-corrected chi connectivity index (χ0v) is 4.30. The van der Waals surface area contributed by atoms with Crippen molar-refractivity contribution in [1.29, 1.82) is 0 Å². The van der Waals surface area contributed by atoms with E-state index in [2.05, 4.69) is 4.90 Å². The van der Waals surface area contributed by atoms with E-state index in [0.717, 1.165) is 6.42 Å². The predicted octanol–water partition coefficient (Wildman–Crippen LogP) is -0.154. The van der Waals surface area contributed by atoms with E-state index in [4.69, 9.17) is 5.11 Å². The molecule has 41 valence electrons. The topological polar surface area (TPSA) is 23.2 Å². The highest BCUT2D eigenvalue weighted by atomic mass is 16.3. The second-order valence-corrected chi connectivity index (χ2v) is 1.73. The minimum absolute atomic E-state index is 0.288. The first-order valence-electron chi connectivity index (χ1n) is 2.62. The molecule has 0 aromatic carbocycles. The maximum absolute atomic E-state index is 8.28. The molecule has 0 atom stereocenters. The van der Waals surface area contributed by atoms with Gasteiger partial charge in [-0.25, -0.2) is 0 Å². The van der Waals surface area contributed by atoms with Crippen LogP contribution in [-0.4, -0.2) is 29.7 Å². The van der Waals surface area contributed by atoms with E-state index >= 15 is 0 Å². The first-order valence-corrected chi connectivity index (χ1v) is 2.62. The van der Waals surface area contributed by atoms with Crippen molar-refractivity contribution in [3.05, 3.63) is 6.54 Å². The van der Waals surface area contributed by atoms with Crippen LogP contribution in [0, 0.1) is 6.54 Å². The molecule has 1 N–H and O–H groups in total. The second kappa shape index (κ2) is 2.28. The summed E-state index contributed by atoms with van der Waals surface area (Å²) in [6.07, 6.45) is 0.819. The lowest BCUT2D eigenvalue weighted by Gasteiger charge is -1.92. The third-order valence-corrected chi connectivity index (χ3v) is 0.998. The predicted molar refractivity (Wildman–Crippen MR) is 27.6 cm³/mol. The number of aliphatic hydroxyl groups is 1. The molecule has 2 nitrogen and oxygen atoms in total. The van der Waals surface area contributed by atoms with Gasteiger partial charge in [-0.1, -0.05) is 0 Å². The number of hydrogen-bond acceptors (Lipinski definition) is 2. The van der Waals surface area contributed by atoms with Crippen LogP contribution >= 0.6 is 0 Å². The quantitative estimate of drug-likeness (QED) is 0.498. The standard InChI is InChI=1S/C5H10NO/c7-5-1-2-6-3-4-6/h2,7H,1,3-5H2. The van der Waals surface area contributed by atoms with Crippen molar-refractivity contribution in [3.8, 4) is 0 Å². The van der Waals surface area contributed by atoms with Gasteiger partial charge < -0.3 is 5.11 Å². The van der Waals surface area contributed by atoms with Gasteiger partial charge in [0.25, 0.3) is 0 Å². The van der Waals surface area contributed by atoms with Crippen LogP contribution in [0.25, 0.3) is 0 Å². The van der Waals surface area contributed by atoms with Crippen LogP contribution in [0.3, 0.4) is 0 Å². The lowest BCUT2D eigenvalue weighted by atomic mass is 10.5. The minimum atomic E-state index is 0.288. The van der Waals surface area contributed by atoms with E-state index in [0.29, 0.717) is 0 Å². The van der Waals surface area contributed by atoms with Crippen LogP contribution in [-0.2, 0) is 0 Å². The van der Waals surface area contributed by atoms with Gasteiger partial charge in [0, 0.05) is 26.2 Å². The summed E-state index contributed by atoms with van der Waals surface area (Å²) in [6, 6.07) is 0. The zero-order valence-electron chi connectivity index (χ0n) is 4.30. The zero-order chi connectivity index (χ0) is 5.11. The first kappa shape index (κ1) is 5.06. The maximum Gasteiger partial charge on any atom is 0.0446 e. The second-order valence-electron chi connectivity index (χ2n) is 1.73. The van der Waals surface area contributed by atoms with Gasteiger partial charge in [0.2, 0.25) is 0 Å². The average Bonchev–Trinajstić information content (AvgIpc) is 2.42. The van der Waals surface area contributed by atoms with Gasteiger partial charge >= 0.3 is 0 Å². The highest BCUT2D eigenvalue weighted by Crippen LogP contribution is 2.06. The van der Waals surface area contributed by atoms with Crippen LogP contribution in [0.5, 0.6) is 0 Å². The lowest BCUT2D eigenvalue weighted by Crippen LogP contribution is -1.92. The van der Waals surface area contributed by atoms with Crippen molar-refractivity contribution >= 4 is 0 Å². The molecule has 0 unspecified atom stereocenters. The molecule has 0 spiro atoms. The smallest absolute Gasteiger partial charge is 0.0446 e. The van der Waals surface area contributed by atoms with Gasteiger partial charge in [0.1, 0.15) is 0 Å². The molecule has 0 bridgehead atoms. The van der Waals surface area contributed by atoms with Gasteiger partial charge in [0.15, 0.2) is 0 Å². The lowest BCUT2D eigenvalue weighted by molar-refractivity contribution is 0.290. The van der Waals surface area contributed by atoms with E-state index in [-0.39, 0.29) is 6.61 Å². The number of aliphatic hydroxyl groups excluding tert-OH is 1.